The molecule has 4 heterocycles. The fourth-order valence-corrected chi connectivity index (χ4v) is 3.14. The predicted octanol–water partition coefficient (Wildman–Crippen LogP) is -0.154. The molecule has 2 fully saturated rings. The highest BCUT2D eigenvalue weighted by molar-refractivity contribution is 5.94. The van der Waals surface area contributed by atoms with Crippen molar-refractivity contribution in [1.29, 1.82) is 0 Å². The quantitative estimate of drug-likeness (QED) is 0.848. The van der Waals surface area contributed by atoms with E-state index in [0.717, 1.165) is 45.2 Å². The van der Waals surface area contributed by atoms with Gasteiger partial charge in [-0.05, 0) is 6.07 Å². The van der Waals surface area contributed by atoms with Gasteiger partial charge >= 0.3 is 0 Å². The number of hydrogen-bond acceptors (Lipinski definition) is 6. The molecule has 8 heteroatoms. The van der Waals surface area contributed by atoms with Crippen LogP contribution >= 0.6 is 0 Å². The third-order valence-corrected chi connectivity index (χ3v) is 4.56. The normalized spacial score (nSPS) is 19.7. The van der Waals surface area contributed by atoms with Gasteiger partial charge in [-0.2, -0.15) is 5.10 Å². The molecule has 1 N–H and O–H groups in total. The highest BCUT2D eigenvalue weighted by Crippen LogP contribution is 2.20. The number of nitrogens with zero attached hydrogens (tertiary/aromatic N) is 6. The topological polar surface area (TPSA) is 81.3 Å². The lowest BCUT2D eigenvalue weighted by molar-refractivity contribution is 0.0246. The van der Waals surface area contributed by atoms with Crippen LogP contribution in [0.4, 0.5) is 5.95 Å². The van der Waals surface area contributed by atoms with Gasteiger partial charge in [0.25, 0.3) is 5.91 Å². The van der Waals surface area contributed by atoms with E-state index in [2.05, 4.69) is 30.0 Å². The van der Waals surface area contributed by atoms with Crippen molar-refractivity contribution < 1.29 is 4.79 Å². The molecular weight excluding hydrogens is 294 g/mol. The summed E-state index contributed by atoms with van der Waals surface area (Å²) in [6, 6.07) is 2.30. The van der Waals surface area contributed by atoms with Crippen molar-refractivity contribution >= 4 is 11.9 Å². The zero-order valence-corrected chi connectivity index (χ0v) is 12.8. The largest absolute Gasteiger partial charge is 0.338 e. The zero-order valence-electron chi connectivity index (χ0n) is 12.8. The van der Waals surface area contributed by atoms with Crippen molar-refractivity contribution in [2.24, 2.45) is 0 Å². The number of aromatic amines is 1. The Morgan fingerprint density at radius 2 is 1.87 bits per heavy atom. The molecule has 0 bridgehead atoms. The minimum Gasteiger partial charge on any atom is -0.338 e. The van der Waals surface area contributed by atoms with Crippen LogP contribution in [-0.4, -0.2) is 81.2 Å². The lowest BCUT2D eigenvalue weighted by Crippen LogP contribution is -2.64. The van der Waals surface area contributed by atoms with Crippen LogP contribution in [0, 0.1) is 0 Å². The number of rotatable bonds is 3. The molecule has 0 aliphatic carbocycles. The maximum absolute atomic E-state index is 12.2. The molecule has 1 amide bonds. The number of amides is 1. The number of carbonyl (C=O) groups excluding carboxylic acids is 1. The smallest absolute Gasteiger partial charge is 0.257 e. The molecule has 120 valence electrons. The van der Waals surface area contributed by atoms with Crippen LogP contribution in [-0.2, 0) is 0 Å². The van der Waals surface area contributed by atoms with Crippen LogP contribution < -0.4 is 4.90 Å². The van der Waals surface area contributed by atoms with Gasteiger partial charge in [-0.25, -0.2) is 9.97 Å². The SMILES string of the molecule is O=C(c1cn[nH]c1)N1CC(N2CCN(c3ncccn3)CC2)C1. The molecule has 0 saturated carbocycles. The Hall–Kier alpha value is -2.48. The van der Waals surface area contributed by atoms with Gasteiger partial charge in [0, 0.05) is 63.9 Å². The Bertz CT molecular complexity index is 646. The van der Waals surface area contributed by atoms with Crippen LogP contribution in [0.3, 0.4) is 0 Å². The molecule has 2 aromatic heterocycles. The highest BCUT2D eigenvalue weighted by atomic mass is 16.2. The van der Waals surface area contributed by atoms with Gasteiger partial charge in [0.15, 0.2) is 0 Å². The van der Waals surface area contributed by atoms with Gasteiger partial charge in [0.2, 0.25) is 5.95 Å². The molecule has 2 saturated heterocycles. The molecule has 0 spiro atoms. The fraction of sp³-hybridized carbons (Fsp3) is 0.467. The van der Waals surface area contributed by atoms with Gasteiger partial charge < -0.3 is 9.80 Å². The molecule has 23 heavy (non-hydrogen) atoms. The summed E-state index contributed by atoms with van der Waals surface area (Å²) in [5, 5.41) is 6.51. The Morgan fingerprint density at radius 3 is 2.52 bits per heavy atom. The minimum atomic E-state index is 0.0614. The molecule has 2 aromatic rings. The Labute approximate surface area is 134 Å². The highest BCUT2D eigenvalue weighted by Gasteiger charge is 2.36. The van der Waals surface area contributed by atoms with Crippen molar-refractivity contribution in [2.45, 2.75) is 6.04 Å². The van der Waals surface area contributed by atoms with Crippen molar-refractivity contribution in [1.82, 2.24) is 30.0 Å². The third-order valence-electron chi connectivity index (χ3n) is 4.56. The van der Waals surface area contributed by atoms with Crippen molar-refractivity contribution in [2.75, 3.05) is 44.2 Å². The van der Waals surface area contributed by atoms with Crippen LogP contribution in [0.1, 0.15) is 10.4 Å². The van der Waals surface area contributed by atoms with E-state index in [1.54, 1.807) is 24.8 Å². The Kier molecular flexibility index (Phi) is 3.66. The monoisotopic (exact) mass is 313 g/mol. The maximum atomic E-state index is 12.2. The number of nitrogens with one attached hydrogen (secondary N) is 1. The van der Waals surface area contributed by atoms with Crippen LogP contribution in [0.25, 0.3) is 0 Å². The first kappa shape index (κ1) is 14.1. The second kappa shape index (κ2) is 5.96. The van der Waals surface area contributed by atoms with E-state index in [4.69, 9.17) is 0 Å². The summed E-state index contributed by atoms with van der Waals surface area (Å²) >= 11 is 0. The fourth-order valence-electron chi connectivity index (χ4n) is 3.14. The Balaban J connectivity index is 1.27. The number of likely N-dealkylation sites (tertiary alicyclic amines) is 1. The van der Waals surface area contributed by atoms with Crippen LogP contribution in [0.2, 0.25) is 0 Å². The summed E-state index contributed by atoms with van der Waals surface area (Å²) in [6.07, 6.45) is 6.78. The zero-order chi connectivity index (χ0) is 15.6. The van der Waals surface area contributed by atoms with Gasteiger partial charge in [-0.1, -0.05) is 0 Å². The van der Waals surface area contributed by atoms with Gasteiger partial charge in [0.1, 0.15) is 0 Å². The molecular formula is C15H19N7O. The minimum absolute atomic E-state index is 0.0614. The number of hydrogen-bond donors (Lipinski definition) is 1. The van der Waals surface area contributed by atoms with Crippen molar-refractivity contribution in [3.63, 3.8) is 0 Å². The second-order valence-electron chi connectivity index (χ2n) is 5.92. The third kappa shape index (κ3) is 2.77. The number of aromatic nitrogens is 4. The lowest BCUT2D eigenvalue weighted by atomic mass is 10.0. The first-order valence-corrected chi connectivity index (χ1v) is 7.85. The summed E-state index contributed by atoms with van der Waals surface area (Å²) in [4.78, 5) is 27.3. The first-order valence-electron chi connectivity index (χ1n) is 7.85. The molecule has 2 aliphatic rings. The summed E-state index contributed by atoms with van der Waals surface area (Å²) in [6.45, 7) is 5.41. The molecule has 0 atom stereocenters. The first-order chi connectivity index (χ1) is 11.3. The molecule has 4 rings (SSSR count). The molecule has 0 unspecified atom stereocenters. The Morgan fingerprint density at radius 1 is 1.13 bits per heavy atom. The number of anilines is 1. The molecule has 8 nitrogen and oxygen atoms in total. The summed E-state index contributed by atoms with van der Waals surface area (Å²) in [7, 11) is 0. The average molecular weight is 313 g/mol. The summed E-state index contributed by atoms with van der Waals surface area (Å²) in [5.74, 6) is 0.865. The molecule has 2 aliphatic heterocycles. The van der Waals surface area contributed by atoms with E-state index >= 15 is 0 Å². The van der Waals surface area contributed by atoms with E-state index in [9.17, 15) is 4.79 Å². The predicted molar refractivity (Wildman–Crippen MR) is 84.1 cm³/mol. The van der Waals surface area contributed by atoms with E-state index in [1.807, 2.05) is 11.0 Å². The van der Waals surface area contributed by atoms with Crippen molar-refractivity contribution in [3.05, 3.63) is 36.4 Å². The van der Waals surface area contributed by atoms with Gasteiger partial charge in [-0.3, -0.25) is 14.8 Å². The van der Waals surface area contributed by atoms with Crippen LogP contribution in [0.15, 0.2) is 30.9 Å². The van der Waals surface area contributed by atoms with Gasteiger partial charge in [-0.15, -0.1) is 0 Å². The number of piperazine rings is 1. The summed E-state index contributed by atoms with van der Waals surface area (Å²) < 4.78 is 0. The summed E-state index contributed by atoms with van der Waals surface area (Å²) in [5.41, 5.74) is 0.634. The second-order valence-corrected chi connectivity index (χ2v) is 5.92. The van der Waals surface area contributed by atoms with E-state index in [-0.39, 0.29) is 5.91 Å². The van der Waals surface area contributed by atoms with Crippen LogP contribution in [0.5, 0.6) is 0 Å². The van der Waals surface area contributed by atoms with Crippen molar-refractivity contribution in [3.8, 4) is 0 Å². The van der Waals surface area contributed by atoms with E-state index in [1.165, 1.54) is 0 Å². The number of carbonyl (C=O) groups is 1. The standard InChI is InChI=1S/C15H19N7O/c23-14(12-8-18-19-9-12)22-10-13(11-22)20-4-6-21(7-5-20)15-16-2-1-3-17-15/h1-3,8-9,13H,4-7,10-11H2,(H,18,19). The average Bonchev–Trinajstić information content (AvgIpc) is 3.09. The van der Waals surface area contributed by atoms with E-state index < -0.39 is 0 Å². The lowest BCUT2D eigenvalue weighted by Gasteiger charge is -2.48. The maximum Gasteiger partial charge on any atom is 0.257 e. The molecule has 0 radical (unpaired) electrons. The number of H-pyrrole nitrogens is 1. The van der Waals surface area contributed by atoms with E-state index in [0.29, 0.717) is 11.6 Å². The van der Waals surface area contributed by atoms with Gasteiger partial charge in [0.05, 0.1) is 11.8 Å². The molecule has 0 aromatic carbocycles.